The quantitative estimate of drug-likeness (QED) is 0.673. The summed E-state index contributed by atoms with van der Waals surface area (Å²) in [5.41, 5.74) is -1.29. The monoisotopic (exact) mass is 189 g/mol. The first-order valence-electron chi connectivity index (χ1n) is 3.83. The average Bonchev–Trinajstić information content (AvgIpc) is 2.02. The third kappa shape index (κ3) is 2.42. The van der Waals surface area contributed by atoms with Crippen LogP contribution >= 0.6 is 0 Å². The van der Waals surface area contributed by atoms with Gasteiger partial charge in [-0.1, -0.05) is 0 Å². The molecule has 0 saturated heterocycles. The number of ether oxygens (including phenoxy) is 1. The molecule has 0 aliphatic carbocycles. The van der Waals surface area contributed by atoms with Crippen molar-refractivity contribution in [2.75, 3.05) is 20.8 Å². The zero-order valence-electron chi connectivity index (χ0n) is 8.33. The van der Waals surface area contributed by atoms with E-state index in [4.69, 9.17) is 9.84 Å². The molecule has 1 N–H and O–H groups in total. The number of carbonyl (C=O) groups is 2. The van der Waals surface area contributed by atoms with Gasteiger partial charge in [0, 0.05) is 21.1 Å². The molecule has 0 heterocycles. The molecule has 0 aromatic carbocycles. The van der Waals surface area contributed by atoms with Gasteiger partial charge in [0.15, 0.2) is 5.54 Å². The smallest absolute Gasteiger partial charge is 0.331 e. The Morgan fingerprint density at radius 3 is 2.23 bits per heavy atom. The molecule has 0 aromatic heterocycles. The second-order valence-electron chi connectivity index (χ2n) is 3.09. The number of rotatable bonds is 4. The molecule has 5 nitrogen and oxygen atoms in total. The topological polar surface area (TPSA) is 66.8 Å². The van der Waals surface area contributed by atoms with E-state index in [0.29, 0.717) is 0 Å². The Morgan fingerprint density at radius 2 is 2.00 bits per heavy atom. The zero-order valence-corrected chi connectivity index (χ0v) is 8.33. The molecule has 0 spiro atoms. The van der Waals surface area contributed by atoms with Crippen LogP contribution in [0.25, 0.3) is 0 Å². The van der Waals surface area contributed by atoms with Gasteiger partial charge >= 0.3 is 5.97 Å². The number of carboxylic acids is 1. The largest absolute Gasteiger partial charge is 0.479 e. The van der Waals surface area contributed by atoms with E-state index in [1.165, 1.54) is 28.0 Å². The van der Waals surface area contributed by atoms with Gasteiger partial charge in [0.05, 0.1) is 6.61 Å². The van der Waals surface area contributed by atoms with Gasteiger partial charge in [-0.3, -0.25) is 4.79 Å². The normalized spacial score (nSPS) is 14.8. The second kappa shape index (κ2) is 4.23. The zero-order chi connectivity index (χ0) is 10.6. The maximum absolute atomic E-state index is 11.0. The lowest BCUT2D eigenvalue weighted by Gasteiger charge is -2.33. The van der Waals surface area contributed by atoms with Crippen molar-refractivity contribution < 1.29 is 19.4 Å². The Balaban J connectivity index is 4.77. The highest BCUT2D eigenvalue weighted by Crippen LogP contribution is 2.14. The number of nitrogens with zero attached hydrogens (tertiary/aromatic N) is 1. The molecule has 5 heteroatoms. The van der Waals surface area contributed by atoms with Crippen molar-refractivity contribution in [1.29, 1.82) is 0 Å². The number of aliphatic carboxylic acids is 1. The van der Waals surface area contributed by atoms with Crippen LogP contribution in [0.2, 0.25) is 0 Å². The first-order valence-corrected chi connectivity index (χ1v) is 3.83. The summed E-state index contributed by atoms with van der Waals surface area (Å²) in [6, 6.07) is 0. The van der Waals surface area contributed by atoms with Gasteiger partial charge in [0.2, 0.25) is 5.91 Å². The van der Waals surface area contributed by atoms with Crippen LogP contribution in [0.1, 0.15) is 13.8 Å². The minimum Gasteiger partial charge on any atom is -0.479 e. The van der Waals surface area contributed by atoms with Crippen molar-refractivity contribution >= 4 is 11.9 Å². The minimum atomic E-state index is -1.29. The summed E-state index contributed by atoms with van der Waals surface area (Å²) in [5.74, 6) is -1.38. The molecule has 1 atom stereocenters. The van der Waals surface area contributed by atoms with E-state index in [1.807, 2.05) is 0 Å². The van der Waals surface area contributed by atoms with E-state index in [-0.39, 0.29) is 12.5 Å². The summed E-state index contributed by atoms with van der Waals surface area (Å²) in [6.45, 7) is 2.73. The van der Waals surface area contributed by atoms with Crippen molar-refractivity contribution in [1.82, 2.24) is 4.90 Å². The molecule has 1 unspecified atom stereocenters. The summed E-state index contributed by atoms with van der Waals surface area (Å²) < 4.78 is 4.76. The van der Waals surface area contributed by atoms with E-state index >= 15 is 0 Å². The number of carboxylic acid groups (broad SMARTS) is 1. The van der Waals surface area contributed by atoms with Crippen LogP contribution in [0.15, 0.2) is 0 Å². The fourth-order valence-electron chi connectivity index (χ4n) is 0.931. The SMILES string of the molecule is COCC(C)(C(=O)O)N(C)C(C)=O. The number of hydrogen-bond acceptors (Lipinski definition) is 3. The molecule has 0 aliphatic rings. The highest BCUT2D eigenvalue weighted by Gasteiger charge is 2.39. The van der Waals surface area contributed by atoms with E-state index < -0.39 is 11.5 Å². The van der Waals surface area contributed by atoms with Crippen LogP contribution in [-0.2, 0) is 14.3 Å². The lowest BCUT2D eigenvalue weighted by atomic mass is 10.0. The highest BCUT2D eigenvalue weighted by atomic mass is 16.5. The molecule has 0 saturated carbocycles. The lowest BCUT2D eigenvalue weighted by molar-refractivity contribution is -0.159. The minimum absolute atomic E-state index is 0.0294. The highest BCUT2D eigenvalue weighted by molar-refractivity contribution is 5.85. The number of amides is 1. The molecule has 0 fully saturated rings. The van der Waals surface area contributed by atoms with Crippen molar-refractivity contribution in [2.45, 2.75) is 19.4 Å². The predicted molar refractivity (Wildman–Crippen MR) is 46.4 cm³/mol. The van der Waals surface area contributed by atoms with Crippen LogP contribution in [0.3, 0.4) is 0 Å². The molecule has 13 heavy (non-hydrogen) atoms. The Morgan fingerprint density at radius 1 is 1.54 bits per heavy atom. The summed E-state index contributed by atoms with van der Waals surface area (Å²) in [6.07, 6.45) is 0. The van der Waals surface area contributed by atoms with Crippen LogP contribution in [0.4, 0.5) is 0 Å². The van der Waals surface area contributed by atoms with E-state index in [0.717, 1.165) is 4.90 Å². The van der Waals surface area contributed by atoms with Crippen LogP contribution < -0.4 is 0 Å². The summed E-state index contributed by atoms with van der Waals surface area (Å²) in [4.78, 5) is 23.0. The van der Waals surface area contributed by atoms with Gasteiger partial charge in [0.25, 0.3) is 0 Å². The Kier molecular flexibility index (Phi) is 3.87. The van der Waals surface area contributed by atoms with Gasteiger partial charge in [-0.2, -0.15) is 0 Å². The third-order valence-electron chi connectivity index (χ3n) is 2.10. The summed E-state index contributed by atoms with van der Waals surface area (Å²) in [7, 11) is 2.84. The molecule has 0 rings (SSSR count). The molecular weight excluding hydrogens is 174 g/mol. The standard InChI is InChI=1S/C8H15NO4/c1-6(10)9(3)8(2,5-13-4)7(11)12/h5H2,1-4H3,(H,11,12). The molecule has 76 valence electrons. The van der Waals surface area contributed by atoms with Crippen molar-refractivity contribution in [2.24, 2.45) is 0 Å². The molecule has 1 amide bonds. The summed E-state index contributed by atoms with van der Waals surface area (Å²) >= 11 is 0. The molecular formula is C8H15NO4. The molecule has 0 radical (unpaired) electrons. The van der Waals surface area contributed by atoms with Crippen LogP contribution in [0, 0.1) is 0 Å². The van der Waals surface area contributed by atoms with Gasteiger partial charge in [-0.25, -0.2) is 4.79 Å². The maximum Gasteiger partial charge on any atom is 0.331 e. The second-order valence-corrected chi connectivity index (χ2v) is 3.09. The Labute approximate surface area is 77.3 Å². The van der Waals surface area contributed by atoms with Crippen LogP contribution in [0.5, 0.6) is 0 Å². The third-order valence-corrected chi connectivity index (χ3v) is 2.10. The number of methoxy groups -OCH3 is 1. The van der Waals surface area contributed by atoms with Gasteiger partial charge in [0.1, 0.15) is 0 Å². The van der Waals surface area contributed by atoms with E-state index in [1.54, 1.807) is 0 Å². The lowest BCUT2D eigenvalue weighted by Crippen LogP contribution is -2.55. The first kappa shape index (κ1) is 11.9. The Bertz CT molecular complexity index is 216. The van der Waals surface area contributed by atoms with Gasteiger partial charge < -0.3 is 14.7 Å². The number of carbonyl (C=O) groups excluding carboxylic acids is 1. The van der Waals surface area contributed by atoms with Crippen molar-refractivity contribution in [3.8, 4) is 0 Å². The summed E-state index contributed by atoms with van der Waals surface area (Å²) in [5, 5.41) is 8.91. The van der Waals surface area contributed by atoms with Crippen molar-refractivity contribution in [3.05, 3.63) is 0 Å². The van der Waals surface area contributed by atoms with Crippen LogP contribution in [-0.4, -0.2) is 48.2 Å². The maximum atomic E-state index is 11.0. The van der Waals surface area contributed by atoms with E-state index in [2.05, 4.69) is 0 Å². The fraction of sp³-hybridized carbons (Fsp3) is 0.750. The number of hydrogen-bond donors (Lipinski definition) is 1. The molecule has 0 bridgehead atoms. The van der Waals surface area contributed by atoms with E-state index in [9.17, 15) is 9.59 Å². The first-order chi connectivity index (χ1) is 5.86. The van der Waals surface area contributed by atoms with Gasteiger partial charge in [-0.15, -0.1) is 0 Å². The van der Waals surface area contributed by atoms with Crippen molar-refractivity contribution in [3.63, 3.8) is 0 Å². The fourth-order valence-corrected chi connectivity index (χ4v) is 0.931. The average molecular weight is 189 g/mol. The predicted octanol–water partition coefficient (Wildman–Crippen LogP) is -0.0456. The van der Waals surface area contributed by atoms with Gasteiger partial charge in [-0.05, 0) is 6.92 Å². The molecule has 0 aromatic rings. The Hall–Kier alpha value is -1.10. The molecule has 0 aliphatic heterocycles. The number of likely N-dealkylation sites (N-methyl/N-ethyl adjacent to an activating group) is 1.